The van der Waals surface area contributed by atoms with Gasteiger partial charge in [-0.3, -0.25) is 15.2 Å². The molecule has 1 fully saturated rings. The van der Waals surface area contributed by atoms with Gasteiger partial charge in [0.05, 0.1) is 28.1 Å². The monoisotopic (exact) mass is 361 g/mol. The minimum Gasteiger partial charge on any atom is -0.444 e. The Labute approximate surface area is 150 Å². The van der Waals surface area contributed by atoms with E-state index in [1.807, 2.05) is 11.8 Å². The third-order valence-electron chi connectivity index (χ3n) is 4.40. The van der Waals surface area contributed by atoms with Gasteiger partial charge in [-0.15, -0.1) is 0 Å². The fourth-order valence-electron chi connectivity index (χ4n) is 3.27. The summed E-state index contributed by atoms with van der Waals surface area (Å²) in [6.07, 6.45) is 1.11. The number of H-pyrrole nitrogens is 1. The number of carbonyl (C=O) groups excluding carboxylic acids is 1. The van der Waals surface area contributed by atoms with Gasteiger partial charge in [0.2, 0.25) is 0 Å². The molecule has 1 saturated heterocycles. The second-order valence-corrected chi connectivity index (χ2v) is 7.66. The number of anilines is 1. The number of amides is 1. The maximum atomic E-state index is 12.1. The lowest BCUT2D eigenvalue weighted by atomic mass is 10.1. The number of rotatable bonds is 3. The van der Waals surface area contributed by atoms with E-state index >= 15 is 0 Å². The molecule has 0 bridgehead atoms. The minimum atomic E-state index is -0.577. The van der Waals surface area contributed by atoms with Crippen LogP contribution in [0.1, 0.15) is 27.7 Å². The van der Waals surface area contributed by atoms with Crippen molar-refractivity contribution >= 4 is 28.4 Å². The second kappa shape index (κ2) is 6.47. The zero-order valence-electron chi connectivity index (χ0n) is 15.3. The lowest BCUT2D eigenvalue weighted by molar-refractivity contribution is -0.384. The number of hydrogen-bond donors (Lipinski definition) is 2. The van der Waals surface area contributed by atoms with Gasteiger partial charge in [-0.2, -0.15) is 5.10 Å². The molecule has 1 aromatic carbocycles. The van der Waals surface area contributed by atoms with E-state index in [-0.39, 0.29) is 22.6 Å². The Bertz CT molecular complexity index is 841. The molecule has 2 atom stereocenters. The Balaban J connectivity index is 1.85. The van der Waals surface area contributed by atoms with Gasteiger partial charge in [0.25, 0.3) is 5.69 Å². The SMILES string of the molecule is C[C@@H]1CN(c2c([N+](=O)[O-])ccc3[nH]ncc23)C[C@@H]1NC(=O)OC(C)(C)C. The van der Waals surface area contributed by atoms with Crippen molar-refractivity contribution in [1.82, 2.24) is 15.5 Å². The lowest BCUT2D eigenvalue weighted by Gasteiger charge is -2.23. The first-order valence-electron chi connectivity index (χ1n) is 8.50. The molecule has 9 heteroatoms. The van der Waals surface area contributed by atoms with Gasteiger partial charge in [-0.05, 0) is 32.8 Å². The average molecular weight is 361 g/mol. The molecular weight excluding hydrogens is 338 g/mol. The largest absolute Gasteiger partial charge is 0.444 e. The van der Waals surface area contributed by atoms with Crippen molar-refractivity contribution in [1.29, 1.82) is 0 Å². The highest BCUT2D eigenvalue weighted by Crippen LogP contribution is 2.38. The van der Waals surface area contributed by atoms with Crippen LogP contribution in [0.4, 0.5) is 16.2 Å². The zero-order chi connectivity index (χ0) is 19.1. The summed E-state index contributed by atoms with van der Waals surface area (Å²) in [5.74, 6) is 0.115. The van der Waals surface area contributed by atoms with Crippen molar-refractivity contribution in [2.24, 2.45) is 5.92 Å². The quantitative estimate of drug-likeness (QED) is 0.642. The second-order valence-electron chi connectivity index (χ2n) is 7.66. The van der Waals surface area contributed by atoms with Crippen LogP contribution in [-0.4, -0.2) is 45.9 Å². The summed E-state index contributed by atoms with van der Waals surface area (Å²) in [5, 5.41) is 21.9. The Morgan fingerprint density at radius 1 is 1.42 bits per heavy atom. The Morgan fingerprint density at radius 3 is 2.81 bits per heavy atom. The molecule has 1 aliphatic rings. The summed E-state index contributed by atoms with van der Waals surface area (Å²) in [6.45, 7) is 8.47. The number of nitro benzene ring substituents is 1. The Kier molecular flexibility index (Phi) is 4.47. The first kappa shape index (κ1) is 18.0. The predicted octanol–water partition coefficient (Wildman–Crippen LogP) is 2.82. The van der Waals surface area contributed by atoms with E-state index in [1.54, 1.807) is 33.0 Å². The molecule has 1 amide bonds. The number of nitro groups is 1. The van der Waals surface area contributed by atoms with E-state index in [1.165, 1.54) is 6.07 Å². The topological polar surface area (TPSA) is 113 Å². The van der Waals surface area contributed by atoms with Crippen molar-refractivity contribution in [2.75, 3.05) is 18.0 Å². The van der Waals surface area contributed by atoms with Crippen molar-refractivity contribution in [3.8, 4) is 0 Å². The zero-order valence-corrected chi connectivity index (χ0v) is 15.3. The van der Waals surface area contributed by atoms with Crippen molar-refractivity contribution in [2.45, 2.75) is 39.3 Å². The molecule has 140 valence electrons. The minimum absolute atomic E-state index is 0.0315. The number of hydrogen-bond acceptors (Lipinski definition) is 6. The fraction of sp³-hybridized carbons (Fsp3) is 0.529. The van der Waals surface area contributed by atoms with Crippen LogP contribution in [0.2, 0.25) is 0 Å². The lowest BCUT2D eigenvalue weighted by Crippen LogP contribution is -2.42. The molecule has 0 unspecified atom stereocenters. The number of carbonyl (C=O) groups is 1. The number of fused-ring (bicyclic) bond motifs is 1. The predicted molar refractivity (Wildman–Crippen MR) is 97.3 cm³/mol. The van der Waals surface area contributed by atoms with Gasteiger partial charge in [-0.25, -0.2) is 4.79 Å². The van der Waals surface area contributed by atoms with Gasteiger partial charge in [0.15, 0.2) is 0 Å². The van der Waals surface area contributed by atoms with Crippen molar-refractivity contribution in [3.05, 3.63) is 28.4 Å². The molecule has 1 aliphatic heterocycles. The van der Waals surface area contributed by atoms with E-state index in [2.05, 4.69) is 15.5 Å². The summed E-state index contributed by atoms with van der Waals surface area (Å²) in [5.41, 5.74) is 0.722. The number of aromatic nitrogens is 2. The van der Waals surface area contributed by atoms with E-state index in [4.69, 9.17) is 4.74 Å². The molecule has 0 saturated carbocycles. The molecule has 0 radical (unpaired) electrons. The fourth-order valence-corrected chi connectivity index (χ4v) is 3.27. The van der Waals surface area contributed by atoms with Gasteiger partial charge in [0.1, 0.15) is 11.3 Å². The molecule has 9 nitrogen and oxygen atoms in total. The van der Waals surface area contributed by atoms with Crippen molar-refractivity contribution < 1.29 is 14.5 Å². The Morgan fingerprint density at radius 2 is 2.15 bits per heavy atom. The van der Waals surface area contributed by atoms with Crippen LogP contribution in [0.3, 0.4) is 0 Å². The molecule has 1 aromatic heterocycles. The molecule has 2 aromatic rings. The normalized spacial score (nSPS) is 20.4. The van der Waals surface area contributed by atoms with Gasteiger partial charge >= 0.3 is 6.09 Å². The third kappa shape index (κ3) is 3.56. The molecule has 3 rings (SSSR count). The Hall–Kier alpha value is -2.84. The number of benzene rings is 1. The summed E-state index contributed by atoms with van der Waals surface area (Å²) in [4.78, 5) is 25.1. The molecule has 2 N–H and O–H groups in total. The van der Waals surface area contributed by atoms with E-state index in [9.17, 15) is 14.9 Å². The van der Waals surface area contributed by atoms with Crippen LogP contribution in [-0.2, 0) is 4.74 Å². The summed E-state index contributed by atoms with van der Waals surface area (Å²) < 4.78 is 5.32. The number of nitrogens with zero attached hydrogens (tertiary/aromatic N) is 3. The van der Waals surface area contributed by atoms with Gasteiger partial charge < -0.3 is 15.0 Å². The highest BCUT2D eigenvalue weighted by Gasteiger charge is 2.35. The average Bonchev–Trinajstić information content (AvgIpc) is 3.11. The van der Waals surface area contributed by atoms with Crippen LogP contribution >= 0.6 is 0 Å². The van der Waals surface area contributed by atoms with E-state index in [0.717, 1.165) is 5.52 Å². The maximum Gasteiger partial charge on any atom is 0.407 e. The van der Waals surface area contributed by atoms with Crippen LogP contribution in [0.25, 0.3) is 10.9 Å². The van der Waals surface area contributed by atoms with Crippen LogP contribution in [0, 0.1) is 16.0 Å². The summed E-state index contributed by atoms with van der Waals surface area (Å²) in [7, 11) is 0. The highest BCUT2D eigenvalue weighted by atomic mass is 16.6. The van der Waals surface area contributed by atoms with Crippen molar-refractivity contribution in [3.63, 3.8) is 0 Å². The molecule has 0 aliphatic carbocycles. The maximum absolute atomic E-state index is 12.1. The molecule has 0 spiro atoms. The summed E-state index contributed by atoms with van der Waals surface area (Å²) in [6, 6.07) is 2.97. The first-order chi connectivity index (χ1) is 12.2. The number of alkyl carbamates (subject to hydrolysis) is 1. The molecule has 2 heterocycles. The van der Waals surface area contributed by atoms with Gasteiger partial charge in [-0.1, -0.05) is 6.92 Å². The highest BCUT2D eigenvalue weighted by molar-refractivity contribution is 5.96. The van der Waals surface area contributed by atoms with Crippen LogP contribution in [0.5, 0.6) is 0 Å². The van der Waals surface area contributed by atoms with Gasteiger partial charge in [0, 0.05) is 19.2 Å². The first-order valence-corrected chi connectivity index (χ1v) is 8.50. The van der Waals surface area contributed by atoms with Crippen LogP contribution in [0.15, 0.2) is 18.3 Å². The number of aromatic amines is 1. The van der Waals surface area contributed by atoms with E-state index in [0.29, 0.717) is 24.2 Å². The molecular formula is C17H23N5O4. The smallest absolute Gasteiger partial charge is 0.407 e. The standard InChI is InChI=1S/C17H23N5O4/c1-10-8-21(9-13(10)19-16(23)26-17(2,3)4)15-11-7-18-20-12(11)5-6-14(15)22(24)25/h5-7,10,13H,8-9H2,1-4H3,(H,18,20)(H,19,23)/t10-,13+/m1/s1. The number of ether oxygens (including phenoxy) is 1. The molecule has 26 heavy (non-hydrogen) atoms. The van der Waals surface area contributed by atoms with Crippen LogP contribution < -0.4 is 10.2 Å². The summed E-state index contributed by atoms with van der Waals surface area (Å²) >= 11 is 0. The van der Waals surface area contributed by atoms with E-state index < -0.39 is 11.7 Å². The number of nitrogens with one attached hydrogen (secondary N) is 2. The third-order valence-corrected chi connectivity index (χ3v) is 4.40.